The summed E-state index contributed by atoms with van der Waals surface area (Å²) in [6.45, 7) is 3.82. The maximum Gasteiger partial charge on any atom is 0.358 e. The highest BCUT2D eigenvalue weighted by molar-refractivity contribution is 5.87. The molecule has 0 saturated heterocycles. The first kappa shape index (κ1) is 12.9. The van der Waals surface area contributed by atoms with Gasteiger partial charge in [-0.25, -0.2) is 9.78 Å². The molecule has 2 aromatic rings. The zero-order valence-electron chi connectivity index (χ0n) is 11.0. The summed E-state index contributed by atoms with van der Waals surface area (Å²) in [5.74, 6) is -0.0495. The maximum atomic E-state index is 11.4. The van der Waals surface area contributed by atoms with E-state index in [2.05, 4.69) is 25.0 Å². The van der Waals surface area contributed by atoms with E-state index in [1.165, 1.54) is 19.5 Å². The topological polar surface area (TPSA) is 77.0 Å². The Morgan fingerprint density at radius 1 is 1.21 bits per heavy atom. The Labute approximate surface area is 110 Å². The number of hydrogen-bond donors (Lipinski definition) is 1. The van der Waals surface area contributed by atoms with Gasteiger partial charge in [0.15, 0.2) is 5.69 Å². The van der Waals surface area contributed by atoms with Gasteiger partial charge in [0.1, 0.15) is 5.82 Å². The highest BCUT2D eigenvalue weighted by Crippen LogP contribution is 2.17. The van der Waals surface area contributed by atoms with Gasteiger partial charge < -0.3 is 10.1 Å². The summed E-state index contributed by atoms with van der Waals surface area (Å²) in [6, 6.07) is 3.80. The van der Waals surface area contributed by atoms with E-state index >= 15 is 0 Å². The fourth-order valence-electron chi connectivity index (χ4n) is 1.59. The molecule has 2 rings (SSSR count). The third-order valence-corrected chi connectivity index (χ3v) is 2.52. The number of hydrogen-bond acceptors (Lipinski definition) is 6. The van der Waals surface area contributed by atoms with Crippen LogP contribution in [-0.4, -0.2) is 28.0 Å². The Hall–Kier alpha value is -2.50. The molecule has 19 heavy (non-hydrogen) atoms. The third kappa shape index (κ3) is 3.04. The summed E-state index contributed by atoms with van der Waals surface area (Å²) >= 11 is 0. The molecule has 6 heteroatoms. The second-order valence-corrected chi connectivity index (χ2v) is 3.99. The minimum atomic E-state index is -0.519. The molecule has 0 aliphatic rings. The molecule has 0 aliphatic heterocycles. The first-order valence-corrected chi connectivity index (χ1v) is 5.72. The molecule has 2 heterocycles. The minimum Gasteiger partial charge on any atom is -0.464 e. The molecule has 0 unspecified atom stereocenters. The molecular formula is C13H14N4O2. The van der Waals surface area contributed by atoms with Crippen molar-refractivity contribution in [2.75, 3.05) is 12.4 Å². The first-order chi connectivity index (χ1) is 9.10. The van der Waals surface area contributed by atoms with Gasteiger partial charge in [0.2, 0.25) is 0 Å². The van der Waals surface area contributed by atoms with Crippen LogP contribution in [0.1, 0.15) is 21.9 Å². The number of aryl methyl sites for hydroxylation is 2. The number of esters is 1. The van der Waals surface area contributed by atoms with Crippen LogP contribution in [0.5, 0.6) is 0 Å². The Kier molecular flexibility index (Phi) is 3.70. The van der Waals surface area contributed by atoms with Gasteiger partial charge in [-0.3, -0.25) is 9.97 Å². The number of nitrogens with zero attached hydrogens (tertiary/aromatic N) is 3. The van der Waals surface area contributed by atoms with E-state index in [4.69, 9.17) is 0 Å². The molecule has 0 spiro atoms. The van der Waals surface area contributed by atoms with Crippen molar-refractivity contribution >= 4 is 17.5 Å². The summed E-state index contributed by atoms with van der Waals surface area (Å²) in [6.07, 6.45) is 2.89. The van der Waals surface area contributed by atoms with E-state index in [1.807, 2.05) is 26.0 Å². The SMILES string of the molecule is COC(=O)c1cncc(Nc2ccc(C)nc2C)n1. The van der Waals surface area contributed by atoms with Gasteiger partial charge in [0, 0.05) is 5.69 Å². The van der Waals surface area contributed by atoms with E-state index in [0.29, 0.717) is 5.82 Å². The Balaban J connectivity index is 2.26. The third-order valence-electron chi connectivity index (χ3n) is 2.52. The largest absolute Gasteiger partial charge is 0.464 e. The molecule has 0 atom stereocenters. The lowest BCUT2D eigenvalue weighted by Gasteiger charge is -2.09. The molecule has 98 valence electrons. The summed E-state index contributed by atoms with van der Waals surface area (Å²) in [5.41, 5.74) is 2.77. The Morgan fingerprint density at radius 3 is 2.68 bits per heavy atom. The number of rotatable bonds is 3. The fourth-order valence-corrected chi connectivity index (χ4v) is 1.59. The summed E-state index contributed by atoms with van der Waals surface area (Å²) in [4.78, 5) is 23.8. The lowest BCUT2D eigenvalue weighted by atomic mass is 10.3. The van der Waals surface area contributed by atoms with Gasteiger partial charge in [-0.05, 0) is 26.0 Å². The highest BCUT2D eigenvalue weighted by atomic mass is 16.5. The van der Waals surface area contributed by atoms with E-state index < -0.39 is 5.97 Å². The van der Waals surface area contributed by atoms with Crippen LogP contribution >= 0.6 is 0 Å². The summed E-state index contributed by atoms with van der Waals surface area (Å²) in [5, 5.41) is 3.07. The van der Waals surface area contributed by atoms with E-state index in [-0.39, 0.29) is 5.69 Å². The van der Waals surface area contributed by atoms with Gasteiger partial charge >= 0.3 is 5.97 Å². The number of nitrogens with one attached hydrogen (secondary N) is 1. The summed E-state index contributed by atoms with van der Waals surface area (Å²) in [7, 11) is 1.30. The van der Waals surface area contributed by atoms with Crippen molar-refractivity contribution in [3.8, 4) is 0 Å². The van der Waals surface area contributed by atoms with E-state index in [9.17, 15) is 4.79 Å². The number of methoxy groups -OCH3 is 1. The maximum absolute atomic E-state index is 11.4. The second-order valence-electron chi connectivity index (χ2n) is 3.99. The smallest absolute Gasteiger partial charge is 0.358 e. The van der Waals surface area contributed by atoms with Gasteiger partial charge in [0.05, 0.1) is 30.9 Å². The van der Waals surface area contributed by atoms with Crippen LogP contribution in [0.25, 0.3) is 0 Å². The van der Waals surface area contributed by atoms with Crippen LogP contribution in [0.2, 0.25) is 0 Å². The standard InChI is InChI=1S/C13H14N4O2/c1-8-4-5-10(9(2)15-8)16-12-7-14-6-11(17-12)13(18)19-3/h4-7H,1-3H3,(H,16,17). The van der Waals surface area contributed by atoms with Crippen molar-refractivity contribution in [1.82, 2.24) is 15.0 Å². The first-order valence-electron chi connectivity index (χ1n) is 5.72. The summed E-state index contributed by atoms with van der Waals surface area (Å²) < 4.78 is 4.60. The monoisotopic (exact) mass is 258 g/mol. The van der Waals surface area contributed by atoms with Crippen molar-refractivity contribution in [2.24, 2.45) is 0 Å². The number of carbonyl (C=O) groups is 1. The number of carbonyl (C=O) groups excluding carboxylic acids is 1. The fraction of sp³-hybridized carbons (Fsp3) is 0.231. The van der Waals surface area contributed by atoms with Crippen molar-refractivity contribution in [3.05, 3.63) is 41.6 Å². The van der Waals surface area contributed by atoms with Crippen LogP contribution in [0, 0.1) is 13.8 Å². The Morgan fingerprint density at radius 2 is 2.00 bits per heavy atom. The normalized spacial score (nSPS) is 10.1. The molecule has 0 aliphatic carbocycles. The zero-order chi connectivity index (χ0) is 13.8. The van der Waals surface area contributed by atoms with E-state index in [1.54, 1.807) is 0 Å². The van der Waals surface area contributed by atoms with Crippen LogP contribution in [0.15, 0.2) is 24.5 Å². The molecule has 2 aromatic heterocycles. The molecule has 0 saturated carbocycles. The van der Waals surface area contributed by atoms with Crippen molar-refractivity contribution in [3.63, 3.8) is 0 Å². The average Bonchev–Trinajstić information content (AvgIpc) is 2.41. The molecule has 6 nitrogen and oxygen atoms in total. The molecule has 0 radical (unpaired) electrons. The van der Waals surface area contributed by atoms with Gasteiger partial charge in [-0.1, -0.05) is 0 Å². The lowest BCUT2D eigenvalue weighted by molar-refractivity contribution is 0.0593. The Bertz CT molecular complexity index is 613. The zero-order valence-corrected chi connectivity index (χ0v) is 11.0. The quantitative estimate of drug-likeness (QED) is 0.849. The molecular weight excluding hydrogens is 244 g/mol. The molecule has 0 fully saturated rings. The average molecular weight is 258 g/mol. The number of pyridine rings is 1. The van der Waals surface area contributed by atoms with Gasteiger partial charge in [-0.15, -0.1) is 0 Å². The van der Waals surface area contributed by atoms with Crippen LogP contribution in [0.3, 0.4) is 0 Å². The minimum absolute atomic E-state index is 0.158. The molecule has 1 N–H and O–H groups in total. The van der Waals surface area contributed by atoms with Crippen LogP contribution < -0.4 is 5.32 Å². The predicted molar refractivity (Wildman–Crippen MR) is 70.4 cm³/mol. The predicted octanol–water partition coefficient (Wildman–Crippen LogP) is 2.02. The van der Waals surface area contributed by atoms with Crippen molar-refractivity contribution in [2.45, 2.75) is 13.8 Å². The second kappa shape index (κ2) is 5.43. The van der Waals surface area contributed by atoms with Crippen molar-refractivity contribution in [1.29, 1.82) is 0 Å². The van der Waals surface area contributed by atoms with Crippen LogP contribution in [0.4, 0.5) is 11.5 Å². The van der Waals surface area contributed by atoms with Crippen LogP contribution in [-0.2, 0) is 4.74 Å². The van der Waals surface area contributed by atoms with E-state index in [0.717, 1.165) is 17.1 Å². The molecule has 0 aromatic carbocycles. The number of anilines is 2. The number of ether oxygens (including phenoxy) is 1. The lowest BCUT2D eigenvalue weighted by Crippen LogP contribution is -2.07. The van der Waals surface area contributed by atoms with Gasteiger partial charge in [0.25, 0.3) is 0 Å². The number of aromatic nitrogens is 3. The molecule has 0 bridgehead atoms. The van der Waals surface area contributed by atoms with Crippen molar-refractivity contribution < 1.29 is 9.53 Å². The van der Waals surface area contributed by atoms with Gasteiger partial charge in [-0.2, -0.15) is 0 Å². The highest BCUT2D eigenvalue weighted by Gasteiger charge is 2.09. The molecule has 0 amide bonds.